The minimum atomic E-state index is -0.660. The second-order valence-electron chi connectivity index (χ2n) is 9.12. The first kappa shape index (κ1) is 23.6. The lowest BCUT2D eigenvalue weighted by atomic mass is 9.94. The van der Waals surface area contributed by atoms with Crippen LogP contribution in [-0.4, -0.2) is 69.9 Å². The first-order chi connectivity index (χ1) is 16.2. The Balaban J connectivity index is 1.26. The molecule has 6 nitrogen and oxygen atoms in total. The highest BCUT2D eigenvalue weighted by Gasteiger charge is 2.23. The van der Waals surface area contributed by atoms with Crippen LogP contribution in [0, 0.1) is 5.92 Å². The third-order valence-electron chi connectivity index (χ3n) is 6.89. The van der Waals surface area contributed by atoms with Crippen molar-refractivity contribution < 1.29 is 14.3 Å². The molecular weight excluding hydrogens is 414 g/mol. The number of nitrogens with zero attached hydrogens (tertiary/aromatic N) is 2. The normalized spacial score (nSPS) is 18.6. The molecule has 33 heavy (non-hydrogen) atoms. The van der Waals surface area contributed by atoms with E-state index in [-0.39, 0.29) is 5.97 Å². The monoisotopic (exact) mass is 451 g/mol. The summed E-state index contributed by atoms with van der Waals surface area (Å²) in [4.78, 5) is 17.3. The van der Waals surface area contributed by atoms with E-state index >= 15 is 0 Å². The summed E-state index contributed by atoms with van der Waals surface area (Å²) in [7, 11) is 1.40. The summed E-state index contributed by atoms with van der Waals surface area (Å²) in [6, 6.07) is 18.0. The summed E-state index contributed by atoms with van der Waals surface area (Å²) in [5.41, 5.74) is 2.25. The van der Waals surface area contributed by atoms with E-state index in [2.05, 4.69) is 27.2 Å². The average molecular weight is 452 g/mol. The van der Waals surface area contributed by atoms with Crippen molar-refractivity contribution in [3.63, 3.8) is 0 Å². The maximum Gasteiger partial charge on any atom is 0.347 e. The lowest BCUT2D eigenvalue weighted by Gasteiger charge is -2.37. The van der Waals surface area contributed by atoms with Crippen LogP contribution in [0.15, 0.2) is 54.6 Å². The zero-order valence-corrected chi connectivity index (χ0v) is 19.7. The van der Waals surface area contributed by atoms with Gasteiger partial charge in [0.25, 0.3) is 0 Å². The fourth-order valence-corrected chi connectivity index (χ4v) is 4.80. The van der Waals surface area contributed by atoms with Crippen molar-refractivity contribution in [2.45, 2.75) is 31.8 Å². The number of hydrogen-bond acceptors (Lipinski definition) is 6. The summed E-state index contributed by atoms with van der Waals surface area (Å²) in [6.07, 6.45) is 3.81. The van der Waals surface area contributed by atoms with E-state index in [0.717, 1.165) is 37.7 Å². The fraction of sp³-hybridized carbons (Fsp3) is 0.519. The highest BCUT2D eigenvalue weighted by Crippen LogP contribution is 2.23. The molecule has 0 radical (unpaired) electrons. The van der Waals surface area contributed by atoms with Gasteiger partial charge < -0.3 is 19.7 Å². The molecule has 2 fully saturated rings. The maximum absolute atomic E-state index is 12.3. The quantitative estimate of drug-likeness (QED) is 0.590. The predicted molar refractivity (Wildman–Crippen MR) is 132 cm³/mol. The Bertz CT molecular complexity index is 845. The molecule has 1 unspecified atom stereocenters. The second-order valence-corrected chi connectivity index (χ2v) is 9.12. The smallest absolute Gasteiger partial charge is 0.347 e. The Morgan fingerprint density at radius 2 is 1.70 bits per heavy atom. The van der Waals surface area contributed by atoms with Crippen molar-refractivity contribution in [3.8, 4) is 5.75 Å². The third kappa shape index (κ3) is 6.95. The molecule has 4 rings (SSSR count). The van der Waals surface area contributed by atoms with Crippen LogP contribution in [0.1, 0.15) is 24.8 Å². The third-order valence-corrected chi connectivity index (χ3v) is 6.89. The van der Waals surface area contributed by atoms with Gasteiger partial charge in [0.2, 0.25) is 0 Å². The van der Waals surface area contributed by atoms with Gasteiger partial charge in [-0.25, -0.2) is 4.79 Å². The minimum absolute atomic E-state index is 0.358. The number of methoxy groups -OCH3 is 1. The molecule has 0 aliphatic carbocycles. The van der Waals surface area contributed by atoms with Crippen LogP contribution >= 0.6 is 0 Å². The van der Waals surface area contributed by atoms with Gasteiger partial charge >= 0.3 is 5.97 Å². The molecule has 2 aliphatic rings. The van der Waals surface area contributed by atoms with Crippen LogP contribution in [0.5, 0.6) is 5.75 Å². The molecule has 178 valence electrons. The predicted octanol–water partition coefficient (Wildman–Crippen LogP) is 3.36. The number of nitrogens with one attached hydrogen (secondary N) is 1. The van der Waals surface area contributed by atoms with Gasteiger partial charge in [-0.3, -0.25) is 4.90 Å². The van der Waals surface area contributed by atoms with E-state index < -0.39 is 6.10 Å². The number of piperidine rings is 1. The molecule has 6 heteroatoms. The molecule has 2 aromatic carbocycles. The zero-order valence-electron chi connectivity index (χ0n) is 19.7. The second kappa shape index (κ2) is 12.1. The van der Waals surface area contributed by atoms with Gasteiger partial charge in [0.05, 0.1) is 7.11 Å². The molecule has 0 aromatic heterocycles. The number of esters is 1. The van der Waals surface area contributed by atoms with Gasteiger partial charge in [-0.15, -0.1) is 0 Å². The van der Waals surface area contributed by atoms with Gasteiger partial charge in [-0.05, 0) is 74.6 Å². The van der Waals surface area contributed by atoms with E-state index in [9.17, 15) is 4.79 Å². The Morgan fingerprint density at radius 3 is 2.36 bits per heavy atom. The number of ether oxygens (including phenoxy) is 2. The Morgan fingerprint density at radius 1 is 1.00 bits per heavy atom. The molecule has 2 aliphatic heterocycles. The van der Waals surface area contributed by atoms with Crippen molar-refractivity contribution in [2.24, 2.45) is 5.92 Å². The van der Waals surface area contributed by atoms with Crippen LogP contribution in [0.25, 0.3) is 0 Å². The maximum atomic E-state index is 12.3. The van der Waals surface area contributed by atoms with Crippen LogP contribution in [0.3, 0.4) is 0 Å². The van der Waals surface area contributed by atoms with Crippen LogP contribution in [-0.2, 0) is 16.0 Å². The summed E-state index contributed by atoms with van der Waals surface area (Å²) in [6.45, 7) is 7.92. The number of benzene rings is 2. The van der Waals surface area contributed by atoms with Crippen molar-refractivity contribution in [2.75, 3.05) is 57.8 Å². The fourth-order valence-electron chi connectivity index (χ4n) is 4.80. The van der Waals surface area contributed by atoms with Crippen molar-refractivity contribution >= 4 is 11.7 Å². The average Bonchev–Trinajstić information content (AvgIpc) is 2.88. The van der Waals surface area contributed by atoms with Crippen LogP contribution < -0.4 is 15.0 Å². The first-order valence-corrected chi connectivity index (χ1v) is 12.3. The molecule has 0 spiro atoms. The summed E-state index contributed by atoms with van der Waals surface area (Å²) < 4.78 is 11.0. The van der Waals surface area contributed by atoms with Gasteiger partial charge in [0, 0.05) is 38.3 Å². The highest BCUT2D eigenvalue weighted by molar-refractivity contribution is 5.75. The molecule has 1 atom stereocenters. The zero-order chi connectivity index (χ0) is 22.9. The first-order valence-electron chi connectivity index (χ1n) is 12.3. The number of rotatable bonds is 9. The van der Waals surface area contributed by atoms with Gasteiger partial charge in [0.15, 0.2) is 6.10 Å². The van der Waals surface area contributed by atoms with Crippen LogP contribution in [0.4, 0.5) is 5.69 Å². The summed E-state index contributed by atoms with van der Waals surface area (Å²) in [5, 5.41) is 3.46. The van der Waals surface area contributed by atoms with Crippen molar-refractivity contribution in [1.82, 2.24) is 10.2 Å². The van der Waals surface area contributed by atoms with Crippen molar-refractivity contribution in [3.05, 3.63) is 60.2 Å². The van der Waals surface area contributed by atoms with E-state index in [1.54, 1.807) is 0 Å². The molecule has 0 saturated carbocycles. The minimum Gasteiger partial charge on any atom is -0.478 e. The highest BCUT2D eigenvalue weighted by atomic mass is 16.6. The summed E-state index contributed by atoms with van der Waals surface area (Å²) in [5.74, 6) is 1.22. The molecule has 1 N–H and O–H groups in total. The molecular formula is C27H37N3O3. The molecule has 2 heterocycles. The topological polar surface area (TPSA) is 54.0 Å². The Labute approximate surface area is 197 Å². The van der Waals surface area contributed by atoms with Gasteiger partial charge in [-0.1, -0.05) is 30.3 Å². The van der Waals surface area contributed by atoms with Gasteiger partial charge in [0.1, 0.15) is 5.75 Å². The number of hydrogen-bond donors (Lipinski definition) is 1. The van der Waals surface area contributed by atoms with Gasteiger partial charge in [-0.2, -0.15) is 0 Å². The SMILES string of the molecule is COC(=O)C(Cc1ccccc1)Oc1ccc(N2CCN(CCC3CCNCC3)CC2)cc1. The summed E-state index contributed by atoms with van der Waals surface area (Å²) >= 11 is 0. The Kier molecular flexibility index (Phi) is 8.61. The largest absolute Gasteiger partial charge is 0.478 e. The number of carbonyl (C=O) groups excluding carboxylic acids is 1. The number of anilines is 1. The van der Waals surface area contributed by atoms with E-state index in [0.29, 0.717) is 12.2 Å². The van der Waals surface area contributed by atoms with E-state index in [4.69, 9.17) is 9.47 Å². The van der Waals surface area contributed by atoms with Crippen LogP contribution in [0.2, 0.25) is 0 Å². The Hall–Kier alpha value is -2.57. The number of piperazine rings is 1. The van der Waals surface area contributed by atoms with E-state index in [1.165, 1.54) is 51.7 Å². The lowest BCUT2D eigenvalue weighted by molar-refractivity contribution is -0.148. The lowest BCUT2D eigenvalue weighted by Crippen LogP contribution is -2.47. The van der Waals surface area contributed by atoms with Crippen molar-refractivity contribution in [1.29, 1.82) is 0 Å². The number of carbonyl (C=O) groups is 1. The molecule has 2 saturated heterocycles. The standard InChI is InChI=1S/C27H37N3O3/c1-32-27(31)26(21-23-5-3-2-4-6-23)33-25-9-7-24(8-10-25)30-19-17-29(18-20-30)16-13-22-11-14-28-15-12-22/h2-10,22,26,28H,11-21H2,1H3. The molecule has 2 aromatic rings. The molecule has 0 bridgehead atoms. The molecule has 0 amide bonds. The van der Waals surface area contributed by atoms with E-state index in [1.807, 2.05) is 42.5 Å².